The molecule has 0 saturated carbocycles. The maximum atomic E-state index is 2.28. The molecule has 0 saturated heterocycles. The van der Waals surface area contributed by atoms with Crippen molar-refractivity contribution in [2.45, 2.75) is 20.3 Å². The Labute approximate surface area is 134 Å². The van der Waals surface area contributed by atoms with Crippen molar-refractivity contribution in [3.05, 3.63) is 42.3 Å². The molecule has 0 unspecified atom stereocenters. The molecule has 0 atom stereocenters. The first-order valence-corrected chi connectivity index (χ1v) is 4.17. The molecule has 1 aromatic carbocycles. The Balaban J connectivity index is -0.000000151. The monoisotopic (exact) mass is 248 g/mol. The minimum Gasteiger partial charge on any atom is -1.00 e. The van der Waals surface area contributed by atoms with E-state index in [1.165, 1.54) is 12.0 Å². The Morgan fingerprint density at radius 1 is 1.07 bits per heavy atom. The van der Waals surface area contributed by atoms with Crippen molar-refractivity contribution in [1.82, 2.24) is 0 Å². The second kappa shape index (κ2) is 15.0. The fourth-order valence-corrected chi connectivity index (χ4v) is 0.961. The van der Waals surface area contributed by atoms with Gasteiger partial charge in [0.15, 0.2) is 0 Å². The smallest absolute Gasteiger partial charge is 1.00 e. The van der Waals surface area contributed by atoms with Crippen molar-refractivity contribution in [3.8, 4) is 0 Å². The Bertz CT molecular complexity index is 205. The largest absolute Gasteiger partial charge is 2.00 e. The van der Waals surface area contributed by atoms with E-state index in [2.05, 4.69) is 44.5 Å². The summed E-state index contributed by atoms with van der Waals surface area (Å²) in [5, 5.41) is 0. The molecule has 0 spiro atoms. The van der Waals surface area contributed by atoms with Crippen LogP contribution in [0.1, 0.15) is 25.8 Å². The van der Waals surface area contributed by atoms with Crippen molar-refractivity contribution < 1.29 is 43.7 Å². The van der Waals surface area contributed by atoms with Gasteiger partial charge in [0.25, 0.3) is 0 Å². The van der Waals surface area contributed by atoms with Gasteiger partial charge in [0, 0.05) is 0 Å². The second-order valence-corrected chi connectivity index (χ2v) is 3.24. The third-order valence-electron chi connectivity index (χ3n) is 1.62. The van der Waals surface area contributed by atoms with Crippen molar-refractivity contribution in [1.29, 1.82) is 0 Å². The number of benzene rings is 1. The van der Waals surface area contributed by atoms with Crippen LogP contribution in [0.3, 0.4) is 0 Å². The molecule has 0 aliphatic rings. The van der Waals surface area contributed by atoms with Gasteiger partial charge in [-0.3, -0.25) is 0 Å². The Morgan fingerprint density at radius 3 is 1.93 bits per heavy atom. The molecule has 1 rings (SSSR count). The second-order valence-electron chi connectivity index (χ2n) is 3.24. The molecule has 0 aliphatic heterocycles. The van der Waals surface area contributed by atoms with E-state index in [9.17, 15) is 0 Å². The fraction of sp³-hybridized carbons (Fsp3) is 0.364. The average molecular weight is 249 g/mol. The van der Waals surface area contributed by atoms with Gasteiger partial charge < -0.3 is 24.8 Å². The number of hydrogen-bond acceptors (Lipinski definition) is 0. The zero-order valence-electron chi connectivity index (χ0n) is 9.71. The van der Waals surface area contributed by atoms with Gasteiger partial charge in [-0.1, -0.05) is 32.3 Å². The van der Waals surface area contributed by atoms with Crippen molar-refractivity contribution in [2.24, 2.45) is 5.92 Å². The summed E-state index contributed by atoms with van der Waals surface area (Å²) in [5.41, 5.74) is 1.33. The summed E-state index contributed by atoms with van der Waals surface area (Å²) in [5.74, 6) is 0.759. The van der Waals surface area contributed by atoms with Gasteiger partial charge in [0.1, 0.15) is 0 Å². The van der Waals surface area contributed by atoms with Gasteiger partial charge in [-0.05, 0) is 0 Å². The topological polar surface area (TPSA) is 0 Å². The van der Waals surface area contributed by atoms with E-state index in [1.807, 2.05) is 6.07 Å². The maximum Gasteiger partial charge on any atom is 2.00 e. The summed E-state index contributed by atoms with van der Waals surface area (Å²) >= 11 is 0. The Morgan fingerprint density at radius 2 is 1.53 bits per heavy atom. The maximum absolute atomic E-state index is 2.28. The van der Waals surface area contributed by atoms with Gasteiger partial charge in [-0.15, -0.1) is 12.1 Å². The molecule has 0 aliphatic carbocycles. The summed E-state index contributed by atoms with van der Waals surface area (Å²) in [4.78, 5) is 0. The summed E-state index contributed by atoms with van der Waals surface area (Å²) < 4.78 is 0. The molecule has 0 N–H and O–H groups in total. The third-order valence-corrected chi connectivity index (χ3v) is 1.62. The van der Waals surface area contributed by atoms with Crippen LogP contribution in [0.15, 0.2) is 30.3 Å². The van der Waals surface area contributed by atoms with Gasteiger partial charge in [0.2, 0.25) is 0 Å². The normalized spacial score (nSPS) is 7.40. The van der Waals surface area contributed by atoms with E-state index in [1.54, 1.807) is 0 Å². The average Bonchev–Trinajstić information content (AvgIpc) is 2.03. The van der Waals surface area contributed by atoms with E-state index < -0.39 is 0 Å². The van der Waals surface area contributed by atoms with Crippen LogP contribution >= 0.6 is 0 Å². The molecule has 0 heterocycles. The molecule has 0 bridgehead atoms. The molecular weight excluding hydrogens is 234 g/mol. The van der Waals surface area contributed by atoms with Crippen LogP contribution in [-0.2, 0) is 0 Å². The number of hydrogen-bond donors (Lipinski definition) is 0. The van der Waals surface area contributed by atoms with Gasteiger partial charge in [-0.25, -0.2) is 0 Å². The summed E-state index contributed by atoms with van der Waals surface area (Å²) in [7, 11) is 0. The molecule has 15 heavy (non-hydrogen) atoms. The first-order chi connectivity index (χ1) is 5.29. The quantitative estimate of drug-likeness (QED) is 0.370. The molecule has 0 nitrogen and oxygen atoms in total. The summed E-state index contributed by atoms with van der Waals surface area (Å²) in [6, 6.07) is 10.5. The number of rotatable bonds is 3. The van der Waals surface area contributed by atoms with Gasteiger partial charge >= 0.3 is 41.9 Å². The van der Waals surface area contributed by atoms with E-state index in [-0.39, 0.29) is 66.7 Å². The summed E-state index contributed by atoms with van der Waals surface area (Å²) in [6.07, 6.45) is 3.45. The standard InChI is InChI=1S/C11H15.2ClH.Li.Mg/c1-10(2)8-9-11-6-4-3-5-7-11;;;;/h3-7,9-10H,8H2,1-2H3;2*1H;;/q-1;;;+1;+2/p-2. The zero-order chi connectivity index (χ0) is 8.10. The van der Waals surface area contributed by atoms with Crippen LogP contribution in [0.5, 0.6) is 0 Å². The molecule has 0 amide bonds. The SMILES string of the molecule is CC(C)C[CH-]c1ccccc1.[Cl-].[Cl-].[Li+].[Mg+2]. The van der Waals surface area contributed by atoms with E-state index in [4.69, 9.17) is 0 Å². The third kappa shape index (κ3) is 13.0. The molecular formula is C11H15Cl2LiMg. The van der Waals surface area contributed by atoms with E-state index in [0.717, 1.165) is 5.92 Å². The minimum atomic E-state index is 0. The first kappa shape index (κ1) is 25.0. The predicted molar refractivity (Wildman–Crippen MR) is 55.1 cm³/mol. The van der Waals surface area contributed by atoms with Crippen molar-refractivity contribution in [3.63, 3.8) is 0 Å². The molecule has 76 valence electrons. The van der Waals surface area contributed by atoms with Gasteiger partial charge in [0.05, 0.1) is 0 Å². The molecule has 0 radical (unpaired) electrons. The number of halogens is 2. The first-order valence-electron chi connectivity index (χ1n) is 4.17. The molecule has 0 aromatic heterocycles. The minimum absolute atomic E-state index is 0. The summed E-state index contributed by atoms with van der Waals surface area (Å²) in [6.45, 7) is 4.47. The van der Waals surface area contributed by atoms with Crippen LogP contribution in [0, 0.1) is 12.3 Å². The van der Waals surface area contributed by atoms with Crippen LogP contribution < -0.4 is 43.7 Å². The van der Waals surface area contributed by atoms with Crippen LogP contribution in [0.25, 0.3) is 0 Å². The molecule has 4 heteroatoms. The Kier molecular flexibility index (Phi) is 25.1. The fourth-order valence-electron chi connectivity index (χ4n) is 0.961. The predicted octanol–water partition coefficient (Wildman–Crippen LogP) is -6.08. The van der Waals surface area contributed by atoms with E-state index >= 15 is 0 Å². The van der Waals surface area contributed by atoms with E-state index in [0.29, 0.717) is 0 Å². The van der Waals surface area contributed by atoms with Crippen molar-refractivity contribution in [2.75, 3.05) is 0 Å². The van der Waals surface area contributed by atoms with Crippen molar-refractivity contribution >= 4 is 23.1 Å². The van der Waals surface area contributed by atoms with Crippen LogP contribution in [0.2, 0.25) is 0 Å². The molecule has 0 fully saturated rings. The Hall–Kier alpha value is 1.03. The molecule has 1 aromatic rings. The van der Waals surface area contributed by atoms with Crippen LogP contribution in [-0.4, -0.2) is 23.1 Å². The van der Waals surface area contributed by atoms with Crippen LogP contribution in [0.4, 0.5) is 0 Å². The zero-order valence-corrected chi connectivity index (χ0v) is 12.6. The van der Waals surface area contributed by atoms with Gasteiger partial charge in [-0.2, -0.15) is 24.1 Å².